The Morgan fingerprint density at radius 3 is 2.16 bits per heavy atom. The first-order valence-corrected chi connectivity index (χ1v) is 21.7. The van der Waals surface area contributed by atoms with E-state index in [-0.39, 0.29) is 47.8 Å². The quantitative estimate of drug-likeness (QED) is 0.154. The second-order valence-electron chi connectivity index (χ2n) is 18.6. The topological polar surface area (TPSA) is 170 Å². The lowest BCUT2D eigenvalue weighted by Gasteiger charge is -2.55. The van der Waals surface area contributed by atoms with E-state index in [2.05, 4.69) is 26.1 Å². The number of aliphatic hydroxyl groups is 2. The lowest BCUT2D eigenvalue weighted by atomic mass is 9.72. The molecule has 320 valence electrons. The molecule has 0 saturated carbocycles. The van der Waals surface area contributed by atoms with Gasteiger partial charge in [-0.05, 0) is 89.5 Å². The standard InChI is InChI=1S/C44H73NO11/c1-12-31(40(49)50)33-16-15-24(4)38(53-33)28(8)36(47)27(7)37(48)32(13-2)39-25(5)23-26(6)43(54-39)20-17-34(45-30(10)46)44(56-43)22-21-41(11,55-44)35-18-19-42(51,14-3)29(9)52-35/h17,20,24-29,31-36,38-39,47,51H,12-16,18-19,21-23H2,1-11H3,(H,45,46)(H,49,50)/t24-,25-,26+,27-,28-,29-,31+,32-,33+,34-,35+,36+,38+,39-,41-,42+,43-,44-/m0/s1. The molecule has 4 N–H and O–H groups in total. The second kappa shape index (κ2) is 17.3. The van der Waals surface area contributed by atoms with E-state index in [1.54, 1.807) is 6.92 Å². The Kier molecular flexibility index (Phi) is 14.0. The van der Waals surface area contributed by atoms with Crippen LogP contribution in [-0.4, -0.2) is 98.4 Å². The number of Topliss-reactive ketones (excluding diaryl/α,β-unsaturated/α-hetero) is 1. The van der Waals surface area contributed by atoms with Gasteiger partial charge in [0.1, 0.15) is 11.8 Å². The van der Waals surface area contributed by atoms with Crippen molar-refractivity contribution < 1.29 is 53.4 Å². The van der Waals surface area contributed by atoms with Gasteiger partial charge in [-0.2, -0.15) is 0 Å². The van der Waals surface area contributed by atoms with Crippen molar-refractivity contribution in [3.8, 4) is 0 Å². The van der Waals surface area contributed by atoms with Gasteiger partial charge in [-0.25, -0.2) is 0 Å². The van der Waals surface area contributed by atoms with Crippen LogP contribution in [0.3, 0.4) is 0 Å². The summed E-state index contributed by atoms with van der Waals surface area (Å²) in [6.07, 6.45) is 6.79. The molecule has 0 aromatic carbocycles. The molecular weight excluding hydrogens is 718 g/mol. The minimum Gasteiger partial charge on any atom is -0.481 e. The number of carbonyl (C=O) groups excluding carboxylic acids is 2. The number of aliphatic carboxylic acids is 1. The molecule has 5 rings (SSSR count). The SMILES string of the molecule is CC[C@@H](C(=O)[C@@H](C)[C@@H](O)[C@H](C)[C@@H]1O[C@@H]([C@@H](CC)C(=O)O)CC[C@@H]1C)[C@H]1O[C@]2(C=C[C@H](NC(C)=O)[C@]3(CC[C@@](C)([C@H]4CC[C@](O)(CC)[C@H](C)O4)O3)O2)[C@H](C)C[C@@H]1C. The molecule has 12 heteroatoms. The number of carboxylic acids is 1. The third-order valence-electron chi connectivity index (χ3n) is 14.8. The molecule has 4 saturated heterocycles. The molecule has 1 amide bonds. The van der Waals surface area contributed by atoms with E-state index in [9.17, 15) is 29.7 Å². The van der Waals surface area contributed by atoms with Gasteiger partial charge in [0.15, 0.2) is 11.6 Å². The van der Waals surface area contributed by atoms with Crippen LogP contribution in [0.25, 0.3) is 0 Å². The normalized spacial score (nSPS) is 44.2. The van der Waals surface area contributed by atoms with Crippen molar-refractivity contribution in [3.63, 3.8) is 0 Å². The molecule has 12 nitrogen and oxygen atoms in total. The molecule has 5 aliphatic rings. The van der Waals surface area contributed by atoms with Gasteiger partial charge < -0.3 is 44.3 Å². The van der Waals surface area contributed by atoms with Crippen LogP contribution in [0.15, 0.2) is 12.2 Å². The number of ketones is 1. The Morgan fingerprint density at radius 2 is 1.57 bits per heavy atom. The first-order valence-electron chi connectivity index (χ1n) is 21.7. The predicted octanol–water partition coefficient (Wildman–Crippen LogP) is 6.33. The molecule has 0 radical (unpaired) electrons. The summed E-state index contributed by atoms with van der Waals surface area (Å²) in [4.78, 5) is 39.0. The van der Waals surface area contributed by atoms with E-state index < -0.39 is 76.8 Å². The number of carbonyl (C=O) groups is 3. The lowest BCUT2D eigenvalue weighted by molar-refractivity contribution is -0.398. The highest BCUT2D eigenvalue weighted by molar-refractivity contribution is 5.84. The molecule has 5 aliphatic heterocycles. The molecule has 18 atom stereocenters. The minimum atomic E-state index is -1.27. The van der Waals surface area contributed by atoms with E-state index in [4.69, 9.17) is 23.7 Å². The zero-order chi connectivity index (χ0) is 41.5. The van der Waals surface area contributed by atoms with Crippen LogP contribution in [0.4, 0.5) is 0 Å². The maximum atomic E-state index is 14.5. The number of ether oxygens (including phenoxy) is 5. The zero-order valence-corrected chi connectivity index (χ0v) is 35.9. The summed E-state index contributed by atoms with van der Waals surface area (Å²) in [6.45, 7) is 21.1. The predicted molar refractivity (Wildman–Crippen MR) is 210 cm³/mol. The molecule has 0 bridgehead atoms. The minimum absolute atomic E-state index is 0.000895. The molecule has 2 spiro atoms. The highest BCUT2D eigenvalue weighted by Crippen LogP contribution is 2.54. The number of amides is 1. The van der Waals surface area contributed by atoms with Crippen LogP contribution >= 0.6 is 0 Å². The van der Waals surface area contributed by atoms with Gasteiger partial charge in [0.05, 0.1) is 53.7 Å². The van der Waals surface area contributed by atoms with Crippen LogP contribution in [0.1, 0.15) is 140 Å². The number of nitrogens with one attached hydrogen (secondary N) is 1. The first kappa shape index (κ1) is 45.2. The van der Waals surface area contributed by atoms with E-state index in [1.165, 1.54) is 6.92 Å². The fraction of sp³-hybridized carbons (Fsp3) is 0.886. The Labute approximate surface area is 335 Å². The number of carboxylic acid groups (broad SMARTS) is 1. The van der Waals surface area contributed by atoms with E-state index in [0.717, 1.165) is 6.42 Å². The number of aliphatic hydroxyl groups excluding tert-OH is 1. The third kappa shape index (κ3) is 8.54. The number of rotatable bonds is 13. The van der Waals surface area contributed by atoms with Crippen molar-refractivity contribution in [2.75, 3.05) is 0 Å². The van der Waals surface area contributed by atoms with Gasteiger partial charge >= 0.3 is 5.97 Å². The monoisotopic (exact) mass is 792 g/mol. The van der Waals surface area contributed by atoms with E-state index in [0.29, 0.717) is 57.8 Å². The van der Waals surface area contributed by atoms with Crippen LogP contribution in [0.5, 0.6) is 0 Å². The van der Waals surface area contributed by atoms with Crippen molar-refractivity contribution >= 4 is 17.7 Å². The Balaban J connectivity index is 1.36. The van der Waals surface area contributed by atoms with Gasteiger partial charge in [-0.3, -0.25) is 14.4 Å². The van der Waals surface area contributed by atoms with Gasteiger partial charge in [0.25, 0.3) is 0 Å². The van der Waals surface area contributed by atoms with Crippen molar-refractivity contribution in [2.45, 2.75) is 206 Å². The fourth-order valence-electron chi connectivity index (χ4n) is 10.9. The van der Waals surface area contributed by atoms with Crippen LogP contribution in [0.2, 0.25) is 0 Å². The van der Waals surface area contributed by atoms with Gasteiger partial charge in [-0.1, -0.05) is 61.5 Å². The Hall–Kier alpha value is -1.93. The van der Waals surface area contributed by atoms with Crippen LogP contribution < -0.4 is 5.32 Å². The summed E-state index contributed by atoms with van der Waals surface area (Å²) in [5.74, 6) is -5.98. The maximum Gasteiger partial charge on any atom is 0.309 e. The van der Waals surface area contributed by atoms with Crippen LogP contribution in [-0.2, 0) is 38.1 Å². The highest BCUT2D eigenvalue weighted by atomic mass is 16.8. The van der Waals surface area contributed by atoms with Gasteiger partial charge in [0, 0.05) is 37.0 Å². The summed E-state index contributed by atoms with van der Waals surface area (Å²) < 4.78 is 34.1. The number of hydrogen-bond donors (Lipinski definition) is 4. The third-order valence-corrected chi connectivity index (χ3v) is 14.8. The fourth-order valence-corrected chi connectivity index (χ4v) is 10.9. The van der Waals surface area contributed by atoms with Crippen molar-refractivity contribution in [3.05, 3.63) is 12.2 Å². The van der Waals surface area contributed by atoms with E-state index >= 15 is 0 Å². The van der Waals surface area contributed by atoms with E-state index in [1.807, 2.05) is 53.7 Å². The molecular formula is C44H73NO11. The second-order valence-corrected chi connectivity index (χ2v) is 18.6. The molecule has 0 aromatic rings. The smallest absolute Gasteiger partial charge is 0.309 e. The van der Waals surface area contributed by atoms with Crippen molar-refractivity contribution in [2.24, 2.45) is 41.4 Å². The average Bonchev–Trinajstić information content (AvgIpc) is 3.49. The molecule has 0 aliphatic carbocycles. The Morgan fingerprint density at radius 1 is 0.893 bits per heavy atom. The van der Waals surface area contributed by atoms with Crippen molar-refractivity contribution in [1.82, 2.24) is 5.32 Å². The zero-order valence-electron chi connectivity index (χ0n) is 35.9. The molecule has 0 unspecified atom stereocenters. The highest BCUT2D eigenvalue weighted by Gasteiger charge is 2.63. The molecule has 56 heavy (non-hydrogen) atoms. The summed E-state index contributed by atoms with van der Waals surface area (Å²) in [7, 11) is 0. The van der Waals surface area contributed by atoms with Gasteiger partial charge in [0.2, 0.25) is 5.91 Å². The van der Waals surface area contributed by atoms with Crippen LogP contribution in [0, 0.1) is 41.4 Å². The summed E-state index contributed by atoms with van der Waals surface area (Å²) in [5, 5.41) is 35.8. The first-order chi connectivity index (χ1) is 26.2. The maximum absolute atomic E-state index is 14.5. The average molecular weight is 792 g/mol. The van der Waals surface area contributed by atoms with Crippen molar-refractivity contribution in [1.29, 1.82) is 0 Å². The lowest BCUT2D eigenvalue weighted by Crippen LogP contribution is -2.65. The summed E-state index contributed by atoms with van der Waals surface area (Å²) >= 11 is 0. The van der Waals surface area contributed by atoms with Gasteiger partial charge in [-0.15, -0.1) is 0 Å². The molecule has 5 heterocycles. The number of hydrogen-bond acceptors (Lipinski definition) is 10. The summed E-state index contributed by atoms with van der Waals surface area (Å²) in [6, 6.07) is -0.595. The largest absolute Gasteiger partial charge is 0.481 e. The summed E-state index contributed by atoms with van der Waals surface area (Å²) in [5.41, 5.74) is -1.65. The molecule has 4 fully saturated rings. The Bertz CT molecular complexity index is 1440. The molecule has 0 aromatic heterocycles.